The second-order valence-electron chi connectivity index (χ2n) is 3.89. The van der Waals surface area contributed by atoms with Gasteiger partial charge in [-0.1, -0.05) is 72.1 Å². The molecule has 0 bridgehead atoms. The lowest BCUT2D eigenvalue weighted by Gasteiger charge is -2.01. The number of azo groups is 1. The van der Waals surface area contributed by atoms with Crippen LogP contribution in [0.25, 0.3) is 0 Å². The molecule has 0 fully saturated rings. The first-order valence-electron chi connectivity index (χ1n) is 5.64. The Morgan fingerprint density at radius 3 is 1.68 bits per heavy atom. The van der Waals surface area contributed by atoms with Gasteiger partial charge in [0.25, 0.3) is 0 Å². The lowest BCUT2D eigenvalue weighted by atomic mass is 10.2. The minimum atomic E-state index is 0.169. The average molecular weight is 447 g/mol. The van der Waals surface area contributed by atoms with Crippen LogP contribution in [0.2, 0.25) is 0 Å². The highest BCUT2D eigenvalue weighted by molar-refractivity contribution is 9.24. The Morgan fingerprint density at radius 2 is 1.26 bits per heavy atom. The molecule has 0 unspecified atom stereocenters. The molecule has 0 amide bonds. The molecule has 5 heteroatoms. The fraction of sp³-hybridized carbons (Fsp3) is 0.143. The highest BCUT2D eigenvalue weighted by atomic mass is 79.9. The maximum absolute atomic E-state index is 4.22. The van der Waals surface area contributed by atoms with Crippen molar-refractivity contribution >= 4 is 59.2 Å². The number of nitrogens with zero attached hydrogens (tertiary/aromatic N) is 2. The summed E-state index contributed by atoms with van der Waals surface area (Å²) in [6, 6.07) is 15.9. The summed E-state index contributed by atoms with van der Waals surface area (Å²) >= 11 is 10.3. The number of benzene rings is 2. The van der Waals surface area contributed by atoms with Gasteiger partial charge in [0.1, 0.15) is 0 Å². The van der Waals surface area contributed by atoms with Crippen molar-refractivity contribution in [1.82, 2.24) is 0 Å². The first kappa shape index (κ1) is 14.9. The van der Waals surface area contributed by atoms with Gasteiger partial charge in [-0.15, -0.1) is 0 Å². The van der Waals surface area contributed by atoms with Crippen LogP contribution < -0.4 is 0 Å². The Labute approximate surface area is 137 Å². The maximum Gasteiger partial charge on any atom is 0.0946 e. The highest BCUT2D eigenvalue weighted by Crippen LogP contribution is 2.30. The molecule has 0 radical (unpaired) electrons. The predicted molar refractivity (Wildman–Crippen MR) is 90.3 cm³/mol. The van der Waals surface area contributed by atoms with E-state index in [9.17, 15) is 0 Å². The molecule has 0 aromatic heterocycles. The lowest BCUT2D eigenvalue weighted by Crippen LogP contribution is -1.77. The van der Waals surface area contributed by atoms with Gasteiger partial charge < -0.3 is 0 Å². The van der Waals surface area contributed by atoms with Crippen LogP contribution in [0.3, 0.4) is 0 Å². The largest absolute Gasteiger partial charge is 0.151 e. The first-order chi connectivity index (χ1) is 9.19. The van der Waals surface area contributed by atoms with Gasteiger partial charge in [0, 0.05) is 5.33 Å². The predicted octanol–water partition coefficient (Wildman–Crippen LogP) is 6.79. The van der Waals surface area contributed by atoms with Crippen molar-refractivity contribution in [2.24, 2.45) is 10.2 Å². The van der Waals surface area contributed by atoms with Crippen molar-refractivity contribution in [3.8, 4) is 0 Å². The number of halogens is 3. The summed E-state index contributed by atoms with van der Waals surface area (Å²) in [4.78, 5) is 0. The molecular weight excluding hydrogens is 436 g/mol. The van der Waals surface area contributed by atoms with E-state index in [0.717, 1.165) is 22.3 Å². The van der Waals surface area contributed by atoms with Crippen LogP contribution in [0.5, 0.6) is 0 Å². The molecule has 0 saturated carbocycles. The zero-order valence-electron chi connectivity index (χ0n) is 9.93. The molecular formula is C14H11Br3N2. The summed E-state index contributed by atoms with van der Waals surface area (Å²) in [5.74, 6) is 0. The minimum Gasteiger partial charge on any atom is -0.151 e. The van der Waals surface area contributed by atoms with Crippen LogP contribution >= 0.6 is 47.8 Å². The van der Waals surface area contributed by atoms with Crippen molar-refractivity contribution < 1.29 is 0 Å². The Hall–Kier alpha value is -0.520. The fourth-order valence-corrected chi connectivity index (χ4v) is 2.44. The van der Waals surface area contributed by atoms with Gasteiger partial charge in [-0.3, -0.25) is 0 Å². The summed E-state index contributed by atoms with van der Waals surface area (Å²) in [7, 11) is 0. The number of hydrogen-bond acceptors (Lipinski definition) is 2. The van der Waals surface area contributed by atoms with Gasteiger partial charge in [0.05, 0.1) is 15.1 Å². The molecule has 2 rings (SSSR count). The van der Waals surface area contributed by atoms with Gasteiger partial charge in [-0.05, 0) is 35.4 Å². The van der Waals surface area contributed by atoms with Crippen LogP contribution in [0.4, 0.5) is 11.4 Å². The SMILES string of the molecule is BrCc1ccc(N=Nc2ccc(C(Br)Br)cc2)cc1. The Kier molecular flexibility index (Phi) is 5.73. The van der Waals surface area contributed by atoms with Crippen molar-refractivity contribution in [2.75, 3.05) is 0 Å². The quantitative estimate of drug-likeness (QED) is 0.365. The molecule has 0 aliphatic rings. The van der Waals surface area contributed by atoms with Gasteiger partial charge in [0.15, 0.2) is 0 Å². The Balaban J connectivity index is 2.08. The highest BCUT2D eigenvalue weighted by Gasteiger charge is 2.01. The zero-order valence-corrected chi connectivity index (χ0v) is 14.7. The van der Waals surface area contributed by atoms with Gasteiger partial charge in [-0.25, -0.2) is 0 Å². The zero-order chi connectivity index (χ0) is 13.7. The summed E-state index contributed by atoms with van der Waals surface area (Å²) in [6.07, 6.45) is 0. The molecule has 0 heterocycles. The van der Waals surface area contributed by atoms with Gasteiger partial charge >= 0.3 is 0 Å². The monoisotopic (exact) mass is 444 g/mol. The Bertz CT molecular complexity index is 548. The third-order valence-corrected chi connectivity index (χ3v) is 4.22. The molecule has 0 saturated heterocycles. The van der Waals surface area contributed by atoms with E-state index < -0.39 is 0 Å². The third kappa shape index (κ3) is 4.51. The van der Waals surface area contributed by atoms with Crippen LogP contribution in [0.1, 0.15) is 14.9 Å². The van der Waals surface area contributed by atoms with Gasteiger partial charge in [0.2, 0.25) is 0 Å². The van der Waals surface area contributed by atoms with Crippen LogP contribution in [0.15, 0.2) is 58.8 Å². The fourth-order valence-electron chi connectivity index (χ4n) is 1.45. The molecule has 19 heavy (non-hydrogen) atoms. The molecule has 2 nitrogen and oxygen atoms in total. The molecule has 0 aliphatic carbocycles. The van der Waals surface area contributed by atoms with E-state index in [0.29, 0.717) is 0 Å². The maximum atomic E-state index is 4.22. The molecule has 0 N–H and O–H groups in total. The summed E-state index contributed by atoms with van der Waals surface area (Å²) in [5, 5.41) is 9.28. The normalized spacial score (nSPS) is 11.4. The number of rotatable bonds is 4. The van der Waals surface area contributed by atoms with E-state index in [1.54, 1.807) is 0 Å². The Morgan fingerprint density at radius 1 is 0.789 bits per heavy atom. The number of hydrogen-bond donors (Lipinski definition) is 0. The topological polar surface area (TPSA) is 24.7 Å². The van der Waals surface area contributed by atoms with E-state index >= 15 is 0 Å². The van der Waals surface area contributed by atoms with E-state index in [1.165, 1.54) is 5.56 Å². The molecule has 0 spiro atoms. The van der Waals surface area contributed by atoms with Crippen molar-refractivity contribution in [1.29, 1.82) is 0 Å². The second-order valence-corrected chi connectivity index (χ2v) is 7.51. The van der Waals surface area contributed by atoms with Crippen molar-refractivity contribution in [2.45, 2.75) is 9.07 Å². The summed E-state index contributed by atoms with van der Waals surface area (Å²) in [6.45, 7) is 0. The average Bonchev–Trinajstić information content (AvgIpc) is 2.46. The van der Waals surface area contributed by atoms with E-state index in [4.69, 9.17) is 0 Å². The lowest BCUT2D eigenvalue weighted by molar-refractivity contribution is 1.22. The molecule has 98 valence electrons. The summed E-state index contributed by atoms with van der Waals surface area (Å²) in [5.41, 5.74) is 4.08. The van der Waals surface area contributed by atoms with E-state index in [-0.39, 0.29) is 3.74 Å². The molecule has 0 atom stereocenters. The van der Waals surface area contributed by atoms with E-state index in [2.05, 4.69) is 58.0 Å². The minimum absolute atomic E-state index is 0.169. The second kappa shape index (κ2) is 7.31. The van der Waals surface area contributed by atoms with Crippen LogP contribution in [-0.2, 0) is 5.33 Å². The summed E-state index contributed by atoms with van der Waals surface area (Å²) < 4.78 is 0.169. The van der Waals surface area contributed by atoms with Crippen molar-refractivity contribution in [3.05, 3.63) is 59.7 Å². The van der Waals surface area contributed by atoms with Crippen LogP contribution in [0, 0.1) is 0 Å². The van der Waals surface area contributed by atoms with Crippen LogP contribution in [-0.4, -0.2) is 0 Å². The number of alkyl halides is 3. The standard InChI is InChI=1S/C14H11Br3N2/c15-9-10-1-5-12(6-2-10)18-19-13-7-3-11(4-8-13)14(16)17/h1-8,14H,9H2. The van der Waals surface area contributed by atoms with Crippen molar-refractivity contribution in [3.63, 3.8) is 0 Å². The molecule has 0 aliphatic heterocycles. The van der Waals surface area contributed by atoms with Gasteiger partial charge in [-0.2, -0.15) is 10.2 Å². The van der Waals surface area contributed by atoms with E-state index in [1.807, 2.05) is 48.5 Å². The third-order valence-electron chi connectivity index (χ3n) is 2.52. The molecule has 2 aromatic rings. The smallest absolute Gasteiger partial charge is 0.0946 e. The molecule has 2 aromatic carbocycles. The first-order valence-corrected chi connectivity index (χ1v) is 8.59.